The summed E-state index contributed by atoms with van der Waals surface area (Å²) in [4.78, 5) is 11.7. The molecule has 0 bridgehead atoms. The van der Waals surface area contributed by atoms with E-state index in [0.29, 0.717) is 5.82 Å². The zero-order valence-electron chi connectivity index (χ0n) is 19.3. The average molecular weight is 488 g/mol. The van der Waals surface area contributed by atoms with Gasteiger partial charge >= 0.3 is 0 Å². The van der Waals surface area contributed by atoms with Gasteiger partial charge < -0.3 is 9.73 Å². The Morgan fingerprint density at radius 3 is 2.62 bits per heavy atom. The van der Waals surface area contributed by atoms with Crippen molar-refractivity contribution in [3.63, 3.8) is 0 Å². The fraction of sp³-hybridized carbons (Fsp3) is 0.214. The van der Waals surface area contributed by atoms with Gasteiger partial charge in [0.05, 0.1) is 17.2 Å². The number of benzene rings is 2. The highest BCUT2D eigenvalue weighted by Gasteiger charge is 2.12. The lowest BCUT2D eigenvalue weighted by molar-refractivity contribution is 0.568. The second kappa shape index (κ2) is 10.00. The first-order valence-corrected chi connectivity index (χ1v) is 12.7. The molecule has 0 spiro atoms. The number of nitrogens with one attached hydrogen (secondary N) is 1. The number of hydrogen-bond donors (Lipinski definition) is 1. The van der Waals surface area contributed by atoms with Gasteiger partial charge in [-0.1, -0.05) is 48.9 Å². The molecule has 5 rings (SSSR count). The molecule has 5 aromatic rings. The van der Waals surface area contributed by atoms with E-state index in [2.05, 4.69) is 61.6 Å². The van der Waals surface area contributed by atoms with E-state index >= 15 is 0 Å². The van der Waals surface area contributed by atoms with Crippen molar-refractivity contribution in [2.45, 2.75) is 33.1 Å². The van der Waals surface area contributed by atoms with E-state index in [1.807, 2.05) is 12.1 Å². The molecule has 0 aliphatic carbocycles. The molecule has 0 aliphatic rings. The molecule has 3 heterocycles. The highest BCUT2D eigenvalue weighted by Crippen LogP contribution is 2.31. The summed E-state index contributed by atoms with van der Waals surface area (Å²) in [7, 11) is 0. The van der Waals surface area contributed by atoms with Crippen LogP contribution in [0, 0.1) is 6.92 Å². The van der Waals surface area contributed by atoms with Crippen molar-refractivity contribution in [3.8, 4) is 22.5 Å². The number of anilines is 1. The van der Waals surface area contributed by atoms with Crippen molar-refractivity contribution in [1.82, 2.24) is 9.97 Å². The minimum atomic E-state index is 0.690. The molecule has 34 heavy (non-hydrogen) atoms. The molecule has 4 nitrogen and oxygen atoms in total. The third-order valence-electron chi connectivity index (χ3n) is 5.94. The van der Waals surface area contributed by atoms with Crippen LogP contribution in [0.25, 0.3) is 32.7 Å². The summed E-state index contributed by atoms with van der Waals surface area (Å²) in [5, 5.41) is 5.41. The predicted molar refractivity (Wildman–Crippen MR) is 143 cm³/mol. The molecule has 0 aliphatic heterocycles. The van der Waals surface area contributed by atoms with Gasteiger partial charge in [-0.2, -0.15) is 0 Å². The Hall–Kier alpha value is -3.15. The third kappa shape index (κ3) is 4.86. The molecule has 0 saturated heterocycles. The first-order chi connectivity index (χ1) is 16.6. The molecule has 0 fully saturated rings. The number of aromatic nitrogens is 2. The van der Waals surface area contributed by atoms with E-state index in [4.69, 9.17) is 26.0 Å². The van der Waals surface area contributed by atoms with Crippen LogP contribution in [0.1, 0.15) is 29.3 Å². The van der Waals surface area contributed by atoms with Gasteiger partial charge in [0.1, 0.15) is 16.9 Å². The largest absolute Gasteiger partial charge is 0.472 e. The van der Waals surface area contributed by atoms with Gasteiger partial charge in [-0.15, -0.1) is 11.3 Å². The summed E-state index contributed by atoms with van der Waals surface area (Å²) in [6.07, 6.45) is 6.31. The maximum absolute atomic E-state index is 6.17. The number of fused-ring (bicyclic) bond motifs is 1. The van der Waals surface area contributed by atoms with Crippen LogP contribution >= 0.6 is 22.9 Å². The summed E-state index contributed by atoms with van der Waals surface area (Å²) in [6.45, 7) is 5.10. The fourth-order valence-corrected chi connectivity index (χ4v) is 5.26. The van der Waals surface area contributed by atoms with E-state index in [-0.39, 0.29) is 0 Å². The van der Waals surface area contributed by atoms with E-state index in [9.17, 15) is 0 Å². The lowest BCUT2D eigenvalue weighted by atomic mass is 9.96. The van der Waals surface area contributed by atoms with E-state index in [0.717, 1.165) is 52.4 Å². The summed E-state index contributed by atoms with van der Waals surface area (Å²) < 4.78 is 5.23. The summed E-state index contributed by atoms with van der Waals surface area (Å²) in [6, 6.07) is 19.1. The number of nitrogens with zero attached hydrogens (tertiary/aromatic N) is 2. The first-order valence-electron chi connectivity index (χ1n) is 11.5. The van der Waals surface area contributed by atoms with Crippen LogP contribution in [0.3, 0.4) is 0 Å². The number of aryl methyl sites for hydroxylation is 3. The summed E-state index contributed by atoms with van der Waals surface area (Å²) >= 11 is 7.86. The minimum Gasteiger partial charge on any atom is -0.472 e. The monoisotopic (exact) mass is 487 g/mol. The Balaban J connectivity index is 1.25. The Labute approximate surface area is 208 Å². The van der Waals surface area contributed by atoms with Gasteiger partial charge in [-0.05, 0) is 72.7 Å². The van der Waals surface area contributed by atoms with Crippen molar-refractivity contribution >= 4 is 39.0 Å². The summed E-state index contributed by atoms with van der Waals surface area (Å²) in [5.74, 6) is 1.57. The van der Waals surface area contributed by atoms with Crippen LogP contribution < -0.4 is 5.32 Å². The van der Waals surface area contributed by atoms with Crippen LogP contribution in [0.4, 0.5) is 5.82 Å². The van der Waals surface area contributed by atoms with Crippen LogP contribution in [0.5, 0.6) is 0 Å². The first kappa shape index (κ1) is 22.6. The number of rotatable bonds is 8. The zero-order valence-corrected chi connectivity index (χ0v) is 20.8. The maximum atomic E-state index is 6.17. The minimum absolute atomic E-state index is 0.690. The van der Waals surface area contributed by atoms with Gasteiger partial charge in [0.15, 0.2) is 5.82 Å². The van der Waals surface area contributed by atoms with Crippen molar-refractivity contribution in [3.05, 3.63) is 88.2 Å². The zero-order chi connectivity index (χ0) is 23.5. The van der Waals surface area contributed by atoms with E-state index in [1.165, 1.54) is 27.1 Å². The molecule has 2 aromatic carbocycles. The van der Waals surface area contributed by atoms with E-state index < -0.39 is 0 Å². The highest BCUT2D eigenvalue weighted by atomic mass is 35.5. The van der Waals surface area contributed by atoms with E-state index in [1.54, 1.807) is 23.9 Å². The Morgan fingerprint density at radius 2 is 1.85 bits per heavy atom. The molecule has 0 atom stereocenters. The Morgan fingerprint density at radius 1 is 1.00 bits per heavy atom. The van der Waals surface area contributed by atoms with Gasteiger partial charge in [-0.3, -0.25) is 0 Å². The van der Waals surface area contributed by atoms with Crippen molar-refractivity contribution in [2.75, 3.05) is 11.9 Å². The second-order valence-electron chi connectivity index (χ2n) is 8.37. The van der Waals surface area contributed by atoms with Crippen molar-refractivity contribution < 1.29 is 4.42 Å². The number of furan rings is 1. The molecule has 6 heteroatoms. The van der Waals surface area contributed by atoms with Crippen LogP contribution in [-0.2, 0) is 12.8 Å². The molecule has 0 radical (unpaired) electrons. The molecular formula is C28H26ClN3OS. The third-order valence-corrected chi connectivity index (χ3v) is 7.12. The SMILES string of the molecule is CCc1cc(Cl)ccc1-c1ccc(CCCNc2nc(-c3ccoc3)nc3sc(C)cc23)cc1. The van der Waals surface area contributed by atoms with Gasteiger partial charge in [0, 0.05) is 16.4 Å². The van der Waals surface area contributed by atoms with Crippen molar-refractivity contribution in [1.29, 1.82) is 0 Å². The van der Waals surface area contributed by atoms with Gasteiger partial charge in [-0.25, -0.2) is 9.97 Å². The van der Waals surface area contributed by atoms with Gasteiger partial charge in [0.2, 0.25) is 0 Å². The summed E-state index contributed by atoms with van der Waals surface area (Å²) in [5.41, 5.74) is 5.99. The fourth-order valence-electron chi connectivity index (χ4n) is 4.18. The van der Waals surface area contributed by atoms with Crippen molar-refractivity contribution in [2.24, 2.45) is 0 Å². The maximum Gasteiger partial charge on any atom is 0.166 e. The van der Waals surface area contributed by atoms with Crippen LogP contribution in [0.2, 0.25) is 5.02 Å². The standard InChI is InChI=1S/C28H26ClN3OS/c1-3-20-16-23(29)10-11-24(20)21-8-6-19(7-9-21)5-4-13-30-27-25-15-18(2)34-28(25)32-26(31-27)22-12-14-33-17-22/h6-12,14-17H,3-5,13H2,1-2H3,(H,30,31,32). The smallest absolute Gasteiger partial charge is 0.166 e. The van der Waals surface area contributed by atoms with Crippen LogP contribution in [0.15, 0.2) is 71.5 Å². The van der Waals surface area contributed by atoms with Crippen LogP contribution in [-0.4, -0.2) is 16.5 Å². The van der Waals surface area contributed by atoms with Gasteiger partial charge in [0.25, 0.3) is 0 Å². The second-order valence-corrected chi connectivity index (χ2v) is 10.0. The molecule has 0 saturated carbocycles. The quantitative estimate of drug-likeness (QED) is 0.224. The molecule has 3 aromatic heterocycles. The Bertz CT molecular complexity index is 1410. The average Bonchev–Trinajstić information content (AvgIpc) is 3.51. The number of halogens is 1. The highest BCUT2D eigenvalue weighted by molar-refractivity contribution is 7.18. The lowest BCUT2D eigenvalue weighted by Gasteiger charge is -2.11. The molecule has 0 unspecified atom stereocenters. The topological polar surface area (TPSA) is 51.0 Å². The Kier molecular flexibility index (Phi) is 6.66. The molecule has 0 amide bonds. The molecular weight excluding hydrogens is 462 g/mol. The molecule has 172 valence electrons. The number of hydrogen-bond acceptors (Lipinski definition) is 5. The molecule has 1 N–H and O–H groups in total. The number of thiophene rings is 1. The lowest BCUT2D eigenvalue weighted by Crippen LogP contribution is -2.06. The normalized spacial score (nSPS) is 11.3. The predicted octanol–water partition coefficient (Wildman–Crippen LogP) is 8.19.